The van der Waals surface area contributed by atoms with E-state index in [4.69, 9.17) is 0 Å². The number of anilines is 1. The number of amides is 1. The molecule has 19 heavy (non-hydrogen) atoms. The van der Waals surface area contributed by atoms with E-state index in [9.17, 15) is 4.79 Å². The first-order valence-corrected chi connectivity index (χ1v) is 7.31. The SMILES string of the molecule is CCCCCNC(=O)c1ccc(C)cc1NCCC. The molecule has 0 fully saturated rings. The van der Waals surface area contributed by atoms with Crippen molar-refractivity contribution in [3.05, 3.63) is 29.3 Å². The first-order valence-electron chi connectivity index (χ1n) is 7.31. The summed E-state index contributed by atoms with van der Waals surface area (Å²) in [5.41, 5.74) is 2.85. The van der Waals surface area contributed by atoms with Crippen molar-refractivity contribution in [1.82, 2.24) is 5.32 Å². The minimum absolute atomic E-state index is 0.0229. The predicted octanol–water partition coefficient (Wildman–Crippen LogP) is 3.74. The first-order chi connectivity index (χ1) is 9.19. The quantitative estimate of drug-likeness (QED) is 0.701. The van der Waals surface area contributed by atoms with E-state index in [-0.39, 0.29) is 5.91 Å². The standard InChI is InChI=1S/C16H26N2O/c1-4-6-7-11-18-16(19)14-9-8-13(3)12-15(14)17-10-5-2/h8-9,12,17H,4-7,10-11H2,1-3H3,(H,18,19). The van der Waals surface area contributed by atoms with Gasteiger partial charge in [-0.25, -0.2) is 0 Å². The number of rotatable bonds is 8. The van der Waals surface area contributed by atoms with Crippen LogP contribution in [0.3, 0.4) is 0 Å². The van der Waals surface area contributed by atoms with Crippen LogP contribution in [0.4, 0.5) is 5.69 Å². The molecule has 3 heteroatoms. The normalized spacial score (nSPS) is 10.3. The van der Waals surface area contributed by atoms with Crippen molar-refractivity contribution in [2.75, 3.05) is 18.4 Å². The summed E-state index contributed by atoms with van der Waals surface area (Å²) in [6.45, 7) is 7.97. The van der Waals surface area contributed by atoms with Gasteiger partial charge in [-0.2, -0.15) is 0 Å². The average molecular weight is 262 g/mol. The van der Waals surface area contributed by atoms with Crippen LogP contribution in [0.2, 0.25) is 0 Å². The van der Waals surface area contributed by atoms with Gasteiger partial charge in [0.25, 0.3) is 5.91 Å². The number of hydrogen-bond donors (Lipinski definition) is 2. The molecule has 0 heterocycles. The molecule has 0 aromatic heterocycles. The van der Waals surface area contributed by atoms with E-state index < -0.39 is 0 Å². The van der Waals surface area contributed by atoms with Crippen LogP contribution >= 0.6 is 0 Å². The lowest BCUT2D eigenvalue weighted by Crippen LogP contribution is -2.25. The Morgan fingerprint density at radius 3 is 2.58 bits per heavy atom. The number of aryl methyl sites for hydroxylation is 1. The third kappa shape index (κ3) is 5.33. The summed E-state index contributed by atoms with van der Waals surface area (Å²) >= 11 is 0. The Morgan fingerprint density at radius 2 is 1.89 bits per heavy atom. The maximum Gasteiger partial charge on any atom is 0.253 e. The fraction of sp³-hybridized carbons (Fsp3) is 0.562. The highest BCUT2D eigenvalue weighted by molar-refractivity contribution is 5.99. The molecule has 0 aliphatic rings. The lowest BCUT2D eigenvalue weighted by molar-refractivity contribution is 0.0954. The molecule has 3 nitrogen and oxygen atoms in total. The molecule has 0 unspecified atom stereocenters. The van der Waals surface area contributed by atoms with E-state index in [1.807, 2.05) is 25.1 Å². The van der Waals surface area contributed by atoms with E-state index in [2.05, 4.69) is 24.5 Å². The van der Waals surface area contributed by atoms with Crippen LogP contribution in [0.15, 0.2) is 18.2 Å². The summed E-state index contributed by atoms with van der Waals surface area (Å²) in [6, 6.07) is 5.93. The summed E-state index contributed by atoms with van der Waals surface area (Å²) in [6.07, 6.45) is 4.43. The van der Waals surface area contributed by atoms with Crippen molar-refractivity contribution in [2.24, 2.45) is 0 Å². The zero-order valence-corrected chi connectivity index (χ0v) is 12.4. The van der Waals surface area contributed by atoms with Gasteiger partial charge in [0.2, 0.25) is 0 Å². The van der Waals surface area contributed by atoms with E-state index in [1.165, 1.54) is 12.0 Å². The molecule has 0 spiro atoms. The molecule has 0 aliphatic heterocycles. The molecule has 1 aromatic rings. The van der Waals surface area contributed by atoms with Gasteiger partial charge in [-0.15, -0.1) is 0 Å². The van der Waals surface area contributed by atoms with Gasteiger partial charge < -0.3 is 10.6 Å². The number of benzene rings is 1. The third-order valence-electron chi connectivity index (χ3n) is 3.05. The zero-order chi connectivity index (χ0) is 14.1. The van der Waals surface area contributed by atoms with E-state index in [1.54, 1.807) is 0 Å². The van der Waals surface area contributed by atoms with Gasteiger partial charge >= 0.3 is 0 Å². The van der Waals surface area contributed by atoms with Crippen molar-refractivity contribution in [1.29, 1.82) is 0 Å². The second-order valence-corrected chi connectivity index (χ2v) is 4.94. The molecule has 0 saturated heterocycles. The Labute approximate surface area is 116 Å². The van der Waals surface area contributed by atoms with Gasteiger partial charge in [0.15, 0.2) is 0 Å². The van der Waals surface area contributed by atoms with Crippen molar-refractivity contribution < 1.29 is 4.79 Å². The number of carbonyl (C=O) groups excluding carboxylic acids is 1. The van der Waals surface area contributed by atoms with Gasteiger partial charge in [-0.05, 0) is 37.5 Å². The monoisotopic (exact) mass is 262 g/mol. The average Bonchev–Trinajstić information content (AvgIpc) is 2.41. The summed E-state index contributed by atoms with van der Waals surface area (Å²) in [5.74, 6) is 0.0229. The Balaban J connectivity index is 2.66. The Morgan fingerprint density at radius 1 is 1.11 bits per heavy atom. The highest BCUT2D eigenvalue weighted by Crippen LogP contribution is 2.17. The van der Waals surface area contributed by atoms with Crippen LogP contribution in [-0.2, 0) is 0 Å². The molecule has 0 aliphatic carbocycles. The highest BCUT2D eigenvalue weighted by atomic mass is 16.1. The fourth-order valence-corrected chi connectivity index (χ4v) is 1.93. The lowest BCUT2D eigenvalue weighted by Gasteiger charge is -2.12. The van der Waals surface area contributed by atoms with Crippen LogP contribution in [0.1, 0.15) is 55.5 Å². The summed E-state index contributed by atoms with van der Waals surface area (Å²) < 4.78 is 0. The molecule has 106 valence electrons. The topological polar surface area (TPSA) is 41.1 Å². The molecule has 0 radical (unpaired) electrons. The molecule has 0 atom stereocenters. The fourth-order valence-electron chi connectivity index (χ4n) is 1.93. The number of hydrogen-bond acceptors (Lipinski definition) is 2. The van der Waals surface area contributed by atoms with Crippen LogP contribution in [0.5, 0.6) is 0 Å². The zero-order valence-electron chi connectivity index (χ0n) is 12.4. The highest BCUT2D eigenvalue weighted by Gasteiger charge is 2.10. The van der Waals surface area contributed by atoms with E-state index in [0.29, 0.717) is 0 Å². The van der Waals surface area contributed by atoms with Crippen LogP contribution < -0.4 is 10.6 Å². The van der Waals surface area contributed by atoms with E-state index in [0.717, 1.165) is 43.6 Å². The Kier molecular flexibility index (Phi) is 7.01. The van der Waals surface area contributed by atoms with Crippen LogP contribution in [0, 0.1) is 6.92 Å². The summed E-state index contributed by atoms with van der Waals surface area (Å²) in [4.78, 5) is 12.2. The number of unbranched alkanes of at least 4 members (excludes halogenated alkanes) is 2. The largest absolute Gasteiger partial charge is 0.384 e. The van der Waals surface area contributed by atoms with Crippen molar-refractivity contribution >= 4 is 11.6 Å². The number of carbonyl (C=O) groups is 1. The lowest BCUT2D eigenvalue weighted by atomic mass is 10.1. The Hall–Kier alpha value is -1.51. The van der Waals surface area contributed by atoms with Crippen molar-refractivity contribution in [3.8, 4) is 0 Å². The van der Waals surface area contributed by atoms with Gasteiger partial charge in [-0.3, -0.25) is 4.79 Å². The molecule has 0 bridgehead atoms. The Bertz CT molecular complexity index is 402. The second kappa shape index (κ2) is 8.57. The van der Waals surface area contributed by atoms with Gasteiger partial charge in [-0.1, -0.05) is 32.8 Å². The smallest absolute Gasteiger partial charge is 0.253 e. The third-order valence-corrected chi connectivity index (χ3v) is 3.05. The molecule has 2 N–H and O–H groups in total. The minimum atomic E-state index is 0.0229. The molecule has 1 amide bonds. The molecule has 0 saturated carbocycles. The van der Waals surface area contributed by atoms with E-state index >= 15 is 0 Å². The van der Waals surface area contributed by atoms with Gasteiger partial charge in [0.1, 0.15) is 0 Å². The minimum Gasteiger partial charge on any atom is -0.384 e. The molecule has 1 aromatic carbocycles. The molecule has 1 rings (SSSR count). The van der Waals surface area contributed by atoms with Gasteiger partial charge in [0, 0.05) is 18.8 Å². The van der Waals surface area contributed by atoms with Crippen molar-refractivity contribution in [2.45, 2.75) is 46.5 Å². The maximum absolute atomic E-state index is 12.2. The predicted molar refractivity (Wildman–Crippen MR) is 81.8 cm³/mol. The van der Waals surface area contributed by atoms with Crippen LogP contribution in [-0.4, -0.2) is 19.0 Å². The van der Waals surface area contributed by atoms with Gasteiger partial charge in [0.05, 0.1) is 5.56 Å². The maximum atomic E-state index is 12.2. The molecular weight excluding hydrogens is 236 g/mol. The van der Waals surface area contributed by atoms with Crippen molar-refractivity contribution in [3.63, 3.8) is 0 Å². The summed E-state index contributed by atoms with van der Waals surface area (Å²) in [7, 11) is 0. The summed E-state index contributed by atoms with van der Waals surface area (Å²) in [5, 5.41) is 6.32. The second-order valence-electron chi connectivity index (χ2n) is 4.94. The number of nitrogens with one attached hydrogen (secondary N) is 2. The first kappa shape index (κ1) is 15.5. The molecular formula is C16H26N2O. The van der Waals surface area contributed by atoms with Crippen LogP contribution in [0.25, 0.3) is 0 Å².